The quantitative estimate of drug-likeness (QED) is 0.849. The van der Waals surface area contributed by atoms with Crippen molar-refractivity contribution in [1.29, 1.82) is 0 Å². The van der Waals surface area contributed by atoms with Gasteiger partial charge in [0.15, 0.2) is 0 Å². The van der Waals surface area contributed by atoms with Crippen LogP contribution in [0.5, 0.6) is 0 Å². The molecule has 1 heterocycles. The van der Waals surface area contributed by atoms with Crippen molar-refractivity contribution in [3.05, 3.63) is 65.7 Å². The van der Waals surface area contributed by atoms with Crippen molar-refractivity contribution < 1.29 is 19.4 Å². The Morgan fingerprint density at radius 2 is 1.70 bits per heavy atom. The van der Waals surface area contributed by atoms with Gasteiger partial charge in [-0.1, -0.05) is 30.3 Å². The van der Waals surface area contributed by atoms with E-state index >= 15 is 0 Å². The molecule has 1 aliphatic rings. The molecule has 27 heavy (non-hydrogen) atoms. The fraction of sp³-hybridized carbons (Fsp3) is 0.333. The third-order valence-corrected chi connectivity index (χ3v) is 4.77. The van der Waals surface area contributed by atoms with Crippen LogP contribution in [-0.4, -0.2) is 54.2 Å². The van der Waals surface area contributed by atoms with Crippen LogP contribution in [0.3, 0.4) is 0 Å². The highest BCUT2D eigenvalue weighted by atomic mass is 16.5. The third kappa shape index (κ3) is 4.65. The summed E-state index contributed by atoms with van der Waals surface area (Å²) in [7, 11) is 0. The summed E-state index contributed by atoms with van der Waals surface area (Å²) in [6.07, 6.45) is 0. The molecule has 1 amide bonds. The lowest BCUT2D eigenvalue weighted by molar-refractivity contribution is -0.141. The maximum Gasteiger partial charge on any atom is 0.326 e. The highest BCUT2D eigenvalue weighted by Gasteiger charge is 2.26. The molecule has 6 nitrogen and oxygen atoms in total. The number of amides is 1. The number of benzene rings is 2. The van der Waals surface area contributed by atoms with Crippen LogP contribution in [0.2, 0.25) is 0 Å². The van der Waals surface area contributed by atoms with Crippen molar-refractivity contribution in [1.82, 2.24) is 4.90 Å². The minimum atomic E-state index is -1.02. The molecule has 0 spiro atoms. The molecule has 2 aromatic rings. The zero-order chi connectivity index (χ0) is 19.2. The molecule has 142 valence electrons. The number of carboxylic acid groups (broad SMARTS) is 1. The molecule has 0 bridgehead atoms. The number of morpholine rings is 1. The molecule has 1 atom stereocenters. The molecule has 1 aliphatic heterocycles. The van der Waals surface area contributed by atoms with E-state index in [1.165, 1.54) is 11.8 Å². The predicted octanol–water partition coefficient (Wildman–Crippen LogP) is 2.64. The van der Waals surface area contributed by atoms with Gasteiger partial charge in [-0.05, 0) is 36.8 Å². The Balaban J connectivity index is 1.79. The summed E-state index contributed by atoms with van der Waals surface area (Å²) in [5.41, 5.74) is 2.41. The van der Waals surface area contributed by atoms with E-state index in [0.717, 1.165) is 24.3 Å². The van der Waals surface area contributed by atoms with Gasteiger partial charge in [-0.2, -0.15) is 0 Å². The summed E-state index contributed by atoms with van der Waals surface area (Å²) in [6, 6.07) is 15.8. The van der Waals surface area contributed by atoms with Crippen LogP contribution >= 0.6 is 0 Å². The molecule has 0 saturated carbocycles. The van der Waals surface area contributed by atoms with Gasteiger partial charge < -0.3 is 19.6 Å². The molecule has 1 saturated heterocycles. The van der Waals surface area contributed by atoms with E-state index in [4.69, 9.17) is 4.74 Å². The van der Waals surface area contributed by atoms with Crippen molar-refractivity contribution in [2.24, 2.45) is 0 Å². The van der Waals surface area contributed by atoms with Crippen molar-refractivity contribution in [2.45, 2.75) is 19.5 Å². The molecule has 0 aliphatic carbocycles. The smallest absolute Gasteiger partial charge is 0.326 e. The SMILES string of the molecule is CC(C(=O)O)N(Cc1ccccc1)C(=O)c1ccc(N2CCOCC2)cc1. The Hall–Kier alpha value is -2.86. The first-order chi connectivity index (χ1) is 13.1. The fourth-order valence-electron chi connectivity index (χ4n) is 3.10. The standard InChI is InChI=1S/C21H24N2O4/c1-16(21(25)26)23(15-17-5-3-2-4-6-17)20(24)18-7-9-19(10-8-18)22-11-13-27-14-12-22/h2-10,16H,11-15H2,1H3,(H,25,26). The lowest BCUT2D eigenvalue weighted by atomic mass is 10.1. The Bertz CT molecular complexity index is 771. The van der Waals surface area contributed by atoms with E-state index in [9.17, 15) is 14.7 Å². The maximum atomic E-state index is 13.0. The molecule has 0 radical (unpaired) electrons. The van der Waals surface area contributed by atoms with Gasteiger partial charge in [0, 0.05) is 30.9 Å². The minimum absolute atomic E-state index is 0.248. The van der Waals surface area contributed by atoms with E-state index in [0.29, 0.717) is 18.8 Å². The van der Waals surface area contributed by atoms with E-state index in [-0.39, 0.29) is 12.5 Å². The van der Waals surface area contributed by atoms with Crippen molar-refractivity contribution >= 4 is 17.6 Å². The average molecular weight is 368 g/mol. The highest BCUT2D eigenvalue weighted by Crippen LogP contribution is 2.19. The van der Waals surface area contributed by atoms with Gasteiger partial charge in [-0.15, -0.1) is 0 Å². The van der Waals surface area contributed by atoms with Crippen LogP contribution in [0.1, 0.15) is 22.8 Å². The number of ether oxygens (including phenoxy) is 1. The van der Waals surface area contributed by atoms with E-state index in [1.807, 2.05) is 42.5 Å². The topological polar surface area (TPSA) is 70.1 Å². The molecule has 1 unspecified atom stereocenters. The lowest BCUT2D eigenvalue weighted by Crippen LogP contribution is -2.42. The van der Waals surface area contributed by atoms with Crippen LogP contribution in [0.4, 0.5) is 5.69 Å². The second-order valence-electron chi connectivity index (χ2n) is 6.58. The van der Waals surface area contributed by atoms with E-state index < -0.39 is 12.0 Å². The minimum Gasteiger partial charge on any atom is -0.480 e. The van der Waals surface area contributed by atoms with Crippen LogP contribution in [0.25, 0.3) is 0 Å². The predicted molar refractivity (Wildman–Crippen MR) is 103 cm³/mol. The van der Waals surface area contributed by atoms with Gasteiger partial charge in [0.1, 0.15) is 6.04 Å². The number of carboxylic acids is 1. The summed E-state index contributed by atoms with van der Waals surface area (Å²) < 4.78 is 5.36. The molecule has 6 heteroatoms. The third-order valence-electron chi connectivity index (χ3n) is 4.77. The van der Waals surface area contributed by atoms with Crippen LogP contribution in [0, 0.1) is 0 Å². The Kier molecular flexibility index (Phi) is 6.08. The highest BCUT2D eigenvalue weighted by molar-refractivity contribution is 5.96. The number of hydrogen-bond donors (Lipinski definition) is 1. The number of anilines is 1. The summed E-state index contributed by atoms with van der Waals surface area (Å²) in [4.78, 5) is 28.1. The van der Waals surface area contributed by atoms with Crippen LogP contribution in [-0.2, 0) is 16.1 Å². The number of hydrogen-bond acceptors (Lipinski definition) is 4. The van der Waals surface area contributed by atoms with Crippen LogP contribution in [0.15, 0.2) is 54.6 Å². The first-order valence-corrected chi connectivity index (χ1v) is 9.06. The largest absolute Gasteiger partial charge is 0.480 e. The first kappa shape index (κ1) is 18.9. The van der Waals surface area contributed by atoms with E-state index in [1.54, 1.807) is 12.1 Å². The van der Waals surface area contributed by atoms with Crippen molar-refractivity contribution in [3.63, 3.8) is 0 Å². The van der Waals surface area contributed by atoms with Crippen molar-refractivity contribution in [2.75, 3.05) is 31.2 Å². The maximum absolute atomic E-state index is 13.0. The molecule has 1 fully saturated rings. The zero-order valence-electron chi connectivity index (χ0n) is 15.4. The Labute approximate surface area is 159 Å². The molecular formula is C21H24N2O4. The monoisotopic (exact) mass is 368 g/mol. The number of aliphatic carboxylic acids is 1. The van der Waals surface area contributed by atoms with Gasteiger partial charge >= 0.3 is 5.97 Å². The molecular weight excluding hydrogens is 344 g/mol. The fourth-order valence-corrected chi connectivity index (χ4v) is 3.10. The molecule has 1 N–H and O–H groups in total. The number of rotatable bonds is 6. The molecule has 2 aromatic carbocycles. The number of carbonyl (C=O) groups excluding carboxylic acids is 1. The van der Waals surface area contributed by atoms with Crippen molar-refractivity contribution in [3.8, 4) is 0 Å². The molecule has 0 aromatic heterocycles. The lowest BCUT2D eigenvalue weighted by Gasteiger charge is -2.29. The van der Waals surface area contributed by atoms with Gasteiger partial charge in [-0.3, -0.25) is 4.79 Å². The Morgan fingerprint density at radius 3 is 2.30 bits per heavy atom. The van der Waals surface area contributed by atoms with Gasteiger partial charge in [0.2, 0.25) is 0 Å². The first-order valence-electron chi connectivity index (χ1n) is 9.06. The number of carbonyl (C=O) groups is 2. The normalized spacial score (nSPS) is 15.2. The second kappa shape index (κ2) is 8.68. The van der Waals surface area contributed by atoms with Gasteiger partial charge in [-0.25, -0.2) is 4.79 Å². The summed E-state index contributed by atoms with van der Waals surface area (Å²) in [5, 5.41) is 9.43. The summed E-state index contributed by atoms with van der Waals surface area (Å²) in [6.45, 7) is 4.82. The zero-order valence-corrected chi connectivity index (χ0v) is 15.4. The summed E-state index contributed by atoms with van der Waals surface area (Å²) in [5.74, 6) is -1.31. The van der Waals surface area contributed by atoms with Gasteiger partial charge in [0.05, 0.1) is 13.2 Å². The summed E-state index contributed by atoms with van der Waals surface area (Å²) >= 11 is 0. The van der Waals surface area contributed by atoms with Gasteiger partial charge in [0.25, 0.3) is 5.91 Å². The Morgan fingerprint density at radius 1 is 1.07 bits per heavy atom. The average Bonchev–Trinajstić information content (AvgIpc) is 2.72. The second-order valence-corrected chi connectivity index (χ2v) is 6.58. The van der Waals surface area contributed by atoms with E-state index in [2.05, 4.69) is 4.90 Å². The van der Waals surface area contributed by atoms with Crippen LogP contribution < -0.4 is 4.90 Å². The number of nitrogens with zero attached hydrogens (tertiary/aromatic N) is 2. The molecule has 3 rings (SSSR count).